The molecule has 0 saturated carbocycles. The second kappa shape index (κ2) is 3.68. The van der Waals surface area contributed by atoms with Crippen LogP contribution in [0.3, 0.4) is 0 Å². The molecule has 2 atom stereocenters. The van der Waals surface area contributed by atoms with E-state index in [9.17, 15) is 18.4 Å². The normalized spacial score (nSPS) is 32.9. The number of hydrogen-bond donors (Lipinski definition) is 1. The lowest BCUT2D eigenvalue weighted by Gasteiger charge is -2.19. The number of alkyl halides is 2. The maximum atomic E-state index is 12.9. The van der Waals surface area contributed by atoms with Gasteiger partial charge in [-0.05, 0) is 6.42 Å². The first kappa shape index (κ1) is 11.3. The van der Waals surface area contributed by atoms with Crippen molar-refractivity contribution in [1.29, 1.82) is 0 Å². The van der Waals surface area contributed by atoms with Crippen LogP contribution >= 0.6 is 0 Å². The predicted octanol–water partition coefficient (Wildman–Crippen LogP) is 0.379. The van der Waals surface area contributed by atoms with Crippen LogP contribution in [0.4, 0.5) is 8.78 Å². The maximum absolute atomic E-state index is 12.9. The molecule has 0 spiro atoms. The molecule has 0 aromatic carbocycles. The van der Waals surface area contributed by atoms with Crippen molar-refractivity contribution in [3.63, 3.8) is 0 Å². The molecule has 1 N–H and O–H groups in total. The van der Waals surface area contributed by atoms with E-state index in [-0.39, 0.29) is 30.7 Å². The molecule has 2 heterocycles. The number of likely N-dealkylation sites (tertiary alicyclic amines) is 1. The number of hydrogen-bond acceptors (Lipinski definition) is 2. The van der Waals surface area contributed by atoms with Crippen molar-refractivity contribution in [2.45, 2.75) is 31.7 Å². The van der Waals surface area contributed by atoms with Crippen molar-refractivity contribution in [1.82, 2.24) is 10.2 Å². The van der Waals surface area contributed by atoms with Crippen molar-refractivity contribution in [2.75, 3.05) is 13.1 Å². The summed E-state index contributed by atoms with van der Waals surface area (Å²) in [5.74, 6) is -3.54. The second-order valence-corrected chi connectivity index (χ2v) is 4.56. The van der Waals surface area contributed by atoms with E-state index < -0.39 is 18.5 Å². The average molecular weight is 232 g/mol. The molecule has 90 valence electrons. The van der Waals surface area contributed by atoms with Gasteiger partial charge in [0.05, 0.1) is 6.54 Å². The van der Waals surface area contributed by atoms with Gasteiger partial charge in [-0.25, -0.2) is 8.78 Å². The minimum Gasteiger partial charge on any atom is -0.344 e. The van der Waals surface area contributed by atoms with Gasteiger partial charge in [0.25, 0.3) is 5.92 Å². The van der Waals surface area contributed by atoms with Gasteiger partial charge in [-0.1, -0.05) is 6.92 Å². The van der Waals surface area contributed by atoms with Crippen LogP contribution in [0.2, 0.25) is 0 Å². The first-order valence-corrected chi connectivity index (χ1v) is 5.36. The minimum atomic E-state index is -2.77. The summed E-state index contributed by atoms with van der Waals surface area (Å²) in [4.78, 5) is 24.1. The van der Waals surface area contributed by atoms with E-state index in [1.807, 2.05) is 0 Å². The molecule has 0 aromatic heterocycles. The van der Waals surface area contributed by atoms with E-state index in [1.54, 1.807) is 6.92 Å². The zero-order valence-corrected chi connectivity index (χ0v) is 9.00. The van der Waals surface area contributed by atoms with Crippen LogP contribution in [0.15, 0.2) is 0 Å². The van der Waals surface area contributed by atoms with Crippen LogP contribution in [-0.2, 0) is 9.59 Å². The van der Waals surface area contributed by atoms with Crippen LogP contribution in [-0.4, -0.2) is 41.8 Å². The molecule has 6 heteroatoms. The molecule has 0 bridgehead atoms. The fourth-order valence-corrected chi connectivity index (χ4v) is 2.14. The molecular weight excluding hydrogens is 218 g/mol. The minimum absolute atomic E-state index is 0.0760. The fourth-order valence-electron chi connectivity index (χ4n) is 2.14. The highest BCUT2D eigenvalue weighted by Crippen LogP contribution is 2.28. The summed E-state index contributed by atoms with van der Waals surface area (Å²) in [6.07, 6.45) is 0.120. The number of amides is 2. The second-order valence-electron chi connectivity index (χ2n) is 4.56. The summed E-state index contributed by atoms with van der Waals surface area (Å²) in [5.41, 5.74) is 0. The van der Waals surface area contributed by atoms with Crippen molar-refractivity contribution >= 4 is 11.8 Å². The molecule has 0 radical (unpaired) electrons. The Balaban J connectivity index is 1.97. The number of carbonyl (C=O) groups is 2. The van der Waals surface area contributed by atoms with Crippen LogP contribution in [0, 0.1) is 5.92 Å². The molecule has 2 unspecified atom stereocenters. The fraction of sp³-hybridized carbons (Fsp3) is 0.800. The third-order valence-electron chi connectivity index (χ3n) is 3.13. The number of rotatable bonds is 1. The van der Waals surface area contributed by atoms with Crippen molar-refractivity contribution in [3.8, 4) is 0 Å². The van der Waals surface area contributed by atoms with Crippen molar-refractivity contribution in [3.05, 3.63) is 0 Å². The SMILES string of the molecule is CC1CC(C(=O)N2CCC(F)(F)C2)NC1=O. The quantitative estimate of drug-likeness (QED) is 0.710. The van der Waals surface area contributed by atoms with E-state index in [2.05, 4.69) is 5.32 Å². The third-order valence-corrected chi connectivity index (χ3v) is 3.13. The largest absolute Gasteiger partial charge is 0.344 e. The molecule has 2 aliphatic heterocycles. The lowest BCUT2D eigenvalue weighted by atomic mass is 10.1. The van der Waals surface area contributed by atoms with Gasteiger partial charge in [0.2, 0.25) is 11.8 Å². The van der Waals surface area contributed by atoms with Crippen LogP contribution < -0.4 is 5.32 Å². The summed E-state index contributed by atoms with van der Waals surface area (Å²) in [7, 11) is 0. The number of carbonyl (C=O) groups excluding carboxylic acids is 2. The highest BCUT2D eigenvalue weighted by atomic mass is 19.3. The Labute approximate surface area is 92.0 Å². The summed E-state index contributed by atoms with van der Waals surface area (Å²) in [6.45, 7) is 1.28. The van der Waals surface area contributed by atoms with E-state index in [1.165, 1.54) is 0 Å². The smallest absolute Gasteiger partial charge is 0.267 e. The first-order chi connectivity index (χ1) is 7.39. The molecule has 4 nitrogen and oxygen atoms in total. The Morgan fingerprint density at radius 2 is 2.25 bits per heavy atom. The van der Waals surface area contributed by atoms with Crippen LogP contribution in [0.5, 0.6) is 0 Å². The standard InChI is InChI=1S/C10H14F2N2O2/c1-6-4-7(13-8(6)15)9(16)14-3-2-10(11,12)5-14/h6-7H,2-5H2,1H3,(H,13,15). The Morgan fingerprint density at radius 3 is 2.69 bits per heavy atom. The lowest BCUT2D eigenvalue weighted by molar-refractivity contribution is -0.134. The number of halogens is 2. The van der Waals surface area contributed by atoms with Gasteiger partial charge in [0.1, 0.15) is 6.04 Å². The lowest BCUT2D eigenvalue weighted by Crippen LogP contribution is -2.44. The van der Waals surface area contributed by atoms with Gasteiger partial charge in [-0.15, -0.1) is 0 Å². The maximum Gasteiger partial charge on any atom is 0.267 e. The van der Waals surface area contributed by atoms with E-state index in [4.69, 9.17) is 0 Å². The topological polar surface area (TPSA) is 49.4 Å². The van der Waals surface area contributed by atoms with Crippen molar-refractivity contribution in [2.24, 2.45) is 5.92 Å². The molecule has 2 amide bonds. The van der Waals surface area contributed by atoms with Gasteiger partial charge in [0, 0.05) is 18.9 Å². The molecule has 16 heavy (non-hydrogen) atoms. The third kappa shape index (κ3) is 2.01. The highest BCUT2D eigenvalue weighted by molar-refractivity contribution is 5.92. The summed E-state index contributed by atoms with van der Waals surface area (Å²) in [6, 6.07) is -0.614. The van der Waals surface area contributed by atoms with Crippen LogP contribution in [0.1, 0.15) is 19.8 Å². The molecule has 2 rings (SSSR count). The van der Waals surface area contributed by atoms with Gasteiger partial charge < -0.3 is 10.2 Å². The zero-order chi connectivity index (χ0) is 11.9. The van der Waals surface area contributed by atoms with Gasteiger partial charge >= 0.3 is 0 Å². The Bertz CT molecular complexity index is 333. The summed E-state index contributed by atoms with van der Waals surface area (Å²) < 4.78 is 25.8. The number of nitrogens with zero attached hydrogens (tertiary/aromatic N) is 1. The summed E-state index contributed by atoms with van der Waals surface area (Å²) >= 11 is 0. The predicted molar refractivity (Wildman–Crippen MR) is 51.9 cm³/mol. The van der Waals surface area contributed by atoms with E-state index in [0.717, 1.165) is 4.90 Å². The van der Waals surface area contributed by atoms with E-state index in [0.29, 0.717) is 6.42 Å². The molecule has 0 aromatic rings. The zero-order valence-electron chi connectivity index (χ0n) is 9.00. The molecule has 2 fully saturated rings. The monoisotopic (exact) mass is 232 g/mol. The Morgan fingerprint density at radius 1 is 1.56 bits per heavy atom. The number of nitrogens with one attached hydrogen (secondary N) is 1. The molecular formula is C10H14F2N2O2. The molecule has 2 aliphatic rings. The Hall–Kier alpha value is -1.20. The van der Waals surface area contributed by atoms with Crippen molar-refractivity contribution < 1.29 is 18.4 Å². The van der Waals surface area contributed by atoms with Gasteiger partial charge in [0.15, 0.2) is 0 Å². The van der Waals surface area contributed by atoms with Gasteiger partial charge in [-0.2, -0.15) is 0 Å². The highest BCUT2D eigenvalue weighted by Gasteiger charge is 2.43. The van der Waals surface area contributed by atoms with Crippen LogP contribution in [0.25, 0.3) is 0 Å². The molecule has 2 saturated heterocycles. The van der Waals surface area contributed by atoms with E-state index >= 15 is 0 Å². The first-order valence-electron chi connectivity index (χ1n) is 5.36. The molecule has 0 aliphatic carbocycles. The average Bonchev–Trinajstić information content (AvgIpc) is 2.70. The van der Waals surface area contributed by atoms with Gasteiger partial charge in [-0.3, -0.25) is 9.59 Å². The Kier molecular flexibility index (Phi) is 2.59. The summed E-state index contributed by atoms with van der Waals surface area (Å²) in [5, 5.41) is 2.53.